The average Bonchev–Trinajstić information content (AvgIpc) is 2.77. The van der Waals surface area contributed by atoms with Gasteiger partial charge in [-0.25, -0.2) is 8.42 Å². The number of benzene rings is 3. The van der Waals surface area contributed by atoms with E-state index in [9.17, 15) is 18.0 Å². The SMILES string of the molecule is CCNC(=O)c1ccc(Oc2cccc(CC(=O)O)c2)c(NS(=O)(=O)c2cc(C)c(Cl)cc2Cl)c1. The maximum Gasteiger partial charge on any atom is 0.307 e. The molecule has 3 N–H and O–H groups in total. The summed E-state index contributed by atoms with van der Waals surface area (Å²) in [4.78, 5) is 23.2. The fraction of sp³-hybridized carbons (Fsp3) is 0.167. The van der Waals surface area contributed by atoms with Crippen LogP contribution in [0.2, 0.25) is 10.0 Å². The van der Waals surface area contributed by atoms with Crippen LogP contribution in [0.25, 0.3) is 0 Å². The molecular weight excluding hydrogens is 515 g/mol. The quantitative estimate of drug-likeness (QED) is 0.342. The molecule has 0 fully saturated rings. The number of nitrogens with one attached hydrogen (secondary N) is 2. The molecule has 0 bridgehead atoms. The Morgan fingerprint density at radius 2 is 1.77 bits per heavy atom. The minimum atomic E-state index is -4.21. The molecule has 8 nitrogen and oxygen atoms in total. The number of rotatable bonds is 9. The van der Waals surface area contributed by atoms with Gasteiger partial charge in [-0.1, -0.05) is 35.3 Å². The Bertz CT molecular complexity index is 1390. The third kappa shape index (κ3) is 6.66. The molecule has 0 spiro atoms. The van der Waals surface area contributed by atoms with Crippen molar-refractivity contribution < 1.29 is 27.9 Å². The van der Waals surface area contributed by atoms with E-state index in [4.69, 9.17) is 33.0 Å². The van der Waals surface area contributed by atoms with Gasteiger partial charge in [-0.05, 0) is 67.4 Å². The standard InChI is InChI=1S/C24H22Cl2N2O6S/c1-3-27-24(31)16-7-8-21(34-17-6-4-5-15(10-17)11-23(29)30)20(12-16)28-35(32,33)22-9-14(2)18(25)13-19(22)26/h4-10,12-13,28H,3,11H2,1-2H3,(H,27,31)(H,29,30). The second-order valence-corrected chi connectivity index (χ2v) is 9.99. The number of anilines is 1. The number of halogens is 2. The van der Waals surface area contributed by atoms with Crippen LogP contribution in [-0.2, 0) is 21.2 Å². The van der Waals surface area contributed by atoms with E-state index in [1.54, 1.807) is 32.0 Å². The molecule has 0 atom stereocenters. The number of carbonyl (C=O) groups is 2. The van der Waals surface area contributed by atoms with Crippen molar-refractivity contribution in [1.29, 1.82) is 0 Å². The van der Waals surface area contributed by atoms with E-state index in [0.717, 1.165) is 0 Å². The van der Waals surface area contributed by atoms with Crippen LogP contribution in [-0.4, -0.2) is 31.9 Å². The topological polar surface area (TPSA) is 122 Å². The second kappa shape index (κ2) is 11.0. The van der Waals surface area contributed by atoms with Crippen molar-refractivity contribution in [2.45, 2.75) is 25.2 Å². The smallest absolute Gasteiger partial charge is 0.307 e. The molecule has 0 aromatic heterocycles. The first-order valence-corrected chi connectivity index (χ1v) is 12.6. The van der Waals surface area contributed by atoms with E-state index in [-0.39, 0.29) is 39.1 Å². The second-order valence-electron chi connectivity index (χ2n) is 7.53. The lowest BCUT2D eigenvalue weighted by Gasteiger charge is -2.16. The fourth-order valence-electron chi connectivity index (χ4n) is 3.16. The van der Waals surface area contributed by atoms with Crippen LogP contribution < -0.4 is 14.8 Å². The van der Waals surface area contributed by atoms with Crippen LogP contribution in [0.1, 0.15) is 28.4 Å². The van der Waals surface area contributed by atoms with Crippen molar-refractivity contribution in [1.82, 2.24) is 5.32 Å². The first kappa shape index (κ1) is 26.3. The first-order valence-electron chi connectivity index (χ1n) is 10.4. The number of carbonyl (C=O) groups excluding carboxylic acids is 1. The van der Waals surface area contributed by atoms with Gasteiger partial charge in [0, 0.05) is 17.1 Å². The van der Waals surface area contributed by atoms with Crippen LogP contribution in [0, 0.1) is 6.92 Å². The van der Waals surface area contributed by atoms with Crippen molar-refractivity contribution in [3.05, 3.63) is 81.3 Å². The molecule has 0 aliphatic heterocycles. The predicted octanol–water partition coefficient (Wildman–Crippen LogP) is 5.27. The van der Waals surface area contributed by atoms with Gasteiger partial charge in [0.25, 0.3) is 15.9 Å². The minimum absolute atomic E-state index is 0.0129. The molecule has 0 saturated carbocycles. The molecule has 0 aliphatic rings. The van der Waals surface area contributed by atoms with E-state index in [1.807, 2.05) is 0 Å². The fourth-order valence-corrected chi connectivity index (χ4v) is 5.05. The lowest BCUT2D eigenvalue weighted by molar-refractivity contribution is -0.136. The molecule has 11 heteroatoms. The highest BCUT2D eigenvalue weighted by molar-refractivity contribution is 7.92. The number of carboxylic acid groups (broad SMARTS) is 1. The largest absolute Gasteiger partial charge is 0.481 e. The molecule has 0 radical (unpaired) electrons. The lowest BCUT2D eigenvalue weighted by atomic mass is 10.1. The van der Waals surface area contributed by atoms with E-state index < -0.39 is 21.9 Å². The molecule has 184 valence electrons. The van der Waals surface area contributed by atoms with Gasteiger partial charge in [0.05, 0.1) is 17.1 Å². The van der Waals surface area contributed by atoms with Crippen LogP contribution >= 0.6 is 23.2 Å². The van der Waals surface area contributed by atoms with Crippen LogP contribution in [0.3, 0.4) is 0 Å². The number of amides is 1. The summed E-state index contributed by atoms with van der Waals surface area (Å²) in [5.74, 6) is -1.02. The molecule has 0 unspecified atom stereocenters. The van der Waals surface area contributed by atoms with Gasteiger partial charge in [-0.15, -0.1) is 0 Å². The molecule has 0 aliphatic carbocycles. The number of hydrogen-bond donors (Lipinski definition) is 3. The van der Waals surface area contributed by atoms with Crippen molar-refractivity contribution in [3.8, 4) is 11.5 Å². The zero-order valence-corrected chi connectivity index (χ0v) is 21.1. The van der Waals surface area contributed by atoms with Gasteiger partial charge in [-0.3, -0.25) is 14.3 Å². The average molecular weight is 537 g/mol. The third-order valence-electron chi connectivity index (χ3n) is 4.81. The highest BCUT2D eigenvalue weighted by atomic mass is 35.5. The van der Waals surface area contributed by atoms with E-state index in [2.05, 4.69) is 10.0 Å². The van der Waals surface area contributed by atoms with Gasteiger partial charge >= 0.3 is 5.97 Å². The van der Waals surface area contributed by atoms with Crippen LogP contribution in [0.15, 0.2) is 59.5 Å². The molecular formula is C24H22Cl2N2O6S. The Kier molecular flexibility index (Phi) is 8.26. The number of hydrogen-bond acceptors (Lipinski definition) is 5. The van der Waals surface area contributed by atoms with Crippen molar-refractivity contribution in [2.24, 2.45) is 0 Å². The zero-order valence-electron chi connectivity index (χ0n) is 18.8. The van der Waals surface area contributed by atoms with Gasteiger partial charge in [0.15, 0.2) is 5.75 Å². The molecule has 3 aromatic carbocycles. The highest BCUT2D eigenvalue weighted by Gasteiger charge is 2.22. The van der Waals surface area contributed by atoms with Gasteiger partial charge in [-0.2, -0.15) is 0 Å². The number of ether oxygens (including phenoxy) is 1. The van der Waals surface area contributed by atoms with Crippen LogP contribution in [0.5, 0.6) is 11.5 Å². The first-order chi connectivity index (χ1) is 16.5. The van der Waals surface area contributed by atoms with Crippen LogP contribution in [0.4, 0.5) is 5.69 Å². The Morgan fingerprint density at radius 3 is 2.46 bits per heavy atom. The Labute approximate surface area is 212 Å². The summed E-state index contributed by atoms with van der Waals surface area (Å²) >= 11 is 12.2. The molecule has 3 aromatic rings. The summed E-state index contributed by atoms with van der Waals surface area (Å²) in [6, 6.07) is 13.3. The van der Waals surface area contributed by atoms with E-state index >= 15 is 0 Å². The molecule has 35 heavy (non-hydrogen) atoms. The molecule has 0 saturated heterocycles. The lowest BCUT2D eigenvalue weighted by Crippen LogP contribution is -2.23. The highest BCUT2D eigenvalue weighted by Crippen LogP contribution is 2.35. The number of carboxylic acids is 1. The van der Waals surface area contributed by atoms with Crippen molar-refractivity contribution >= 4 is 50.8 Å². The normalized spacial score (nSPS) is 11.1. The zero-order chi connectivity index (χ0) is 25.8. The maximum atomic E-state index is 13.2. The number of aryl methyl sites for hydroxylation is 1. The Balaban J connectivity index is 2.04. The molecule has 1 amide bonds. The summed E-state index contributed by atoms with van der Waals surface area (Å²) in [5.41, 5.74) is 1.20. The minimum Gasteiger partial charge on any atom is -0.481 e. The third-order valence-corrected chi connectivity index (χ3v) is 7.05. The predicted molar refractivity (Wildman–Crippen MR) is 134 cm³/mol. The summed E-state index contributed by atoms with van der Waals surface area (Å²) in [7, 11) is -4.21. The summed E-state index contributed by atoms with van der Waals surface area (Å²) in [5, 5.41) is 11.9. The van der Waals surface area contributed by atoms with E-state index in [0.29, 0.717) is 22.7 Å². The van der Waals surface area contributed by atoms with E-state index in [1.165, 1.54) is 36.4 Å². The van der Waals surface area contributed by atoms with Crippen molar-refractivity contribution in [3.63, 3.8) is 0 Å². The Morgan fingerprint density at radius 1 is 1.03 bits per heavy atom. The monoisotopic (exact) mass is 536 g/mol. The van der Waals surface area contributed by atoms with Gasteiger partial charge in [0.1, 0.15) is 10.6 Å². The summed E-state index contributed by atoms with van der Waals surface area (Å²) in [6.07, 6.45) is -0.207. The molecule has 0 heterocycles. The summed E-state index contributed by atoms with van der Waals surface area (Å²) in [6.45, 7) is 3.79. The molecule has 3 rings (SSSR count). The summed E-state index contributed by atoms with van der Waals surface area (Å²) < 4.78 is 34.7. The van der Waals surface area contributed by atoms with Gasteiger partial charge in [0.2, 0.25) is 0 Å². The number of aliphatic carboxylic acids is 1. The van der Waals surface area contributed by atoms with Crippen molar-refractivity contribution in [2.75, 3.05) is 11.3 Å². The number of sulfonamides is 1. The Hall–Kier alpha value is -3.27. The van der Waals surface area contributed by atoms with Gasteiger partial charge < -0.3 is 15.2 Å². The maximum absolute atomic E-state index is 13.2.